The van der Waals surface area contributed by atoms with Crippen LogP contribution in [0.2, 0.25) is 0 Å². The molecule has 2 aromatic rings. The standard InChI is InChI=1S/C16H16BrNO4S2/c17-13-6-8-15(9-7-13)24(21,22)18-11-10-16(12-18)23(19,20)14-4-2-1-3-5-14/h1-9,16H,10-12H2. The molecule has 5 nitrogen and oxygen atoms in total. The van der Waals surface area contributed by atoms with Crippen LogP contribution in [0.25, 0.3) is 0 Å². The topological polar surface area (TPSA) is 71.5 Å². The monoisotopic (exact) mass is 429 g/mol. The molecule has 8 heteroatoms. The molecule has 1 unspecified atom stereocenters. The Morgan fingerprint density at radius 3 is 2.12 bits per heavy atom. The van der Waals surface area contributed by atoms with E-state index in [1.165, 1.54) is 16.4 Å². The zero-order valence-electron chi connectivity index (χ0n) is 12.7. The average Bonchev–Trinajstić information content (AvgIpc) is 3.08. The highest BCUT2D eigenvalue weighted by molar-refractivity contribution is 9.10. The van der Waals surface area contributed by atoms with Crippen LogP contribution in [0.1, 0.15) is 6.42 Å². The minimum absolute atomic E-state index is 0.0182. The number of hydrogen-bond donors (Lipinski definition) is 0. The quantitative estimate of drug-likeness (QED) is 0.748. The number of benzene rings is 2. The van der Waals surface area contributed by atoms with Crippen molar-refractivity contribution in [1.29, 1.82) is 0 Å². The molecule has 1 fully saturated rings. The lowest BCUT2D eigenvalue weighted by Crippen LogP contribution is -2.32. The first-order valence-corrected chi connectivity index (χ1v) is 11.1. The Bertz CT molecular complexity index is 926. The third-order valence-corrected chi connectivity index (χ3v) is 8.67. The fourth-order valence-corrected chi connectivity index (χ4v) is 6.30. The van der Waals surface area contributed by atoms with E-state index in [1.807, 2.05) is 0 Å². The van der Waals surface area contributed by atoms with Gasteiger partial charge in [-0.2, -0.15) is 4.31 Å². The van der Waals surface area contributed by atoms with Crippen LogP contribution < -0.4 is 0 Å². The molecule has 1 aliphatic rings. The molecule has 1 aliphatic heterocycles. The second-order valence-corrected chi connectivity index (χ2v) is 10.7. The van der Waals surface area contributed by atoms with Crippen LogP contribution in [0.4, 0.5) is 0 Å². The van der Waals surface area contributed by atoms with E-state index < -0.39 is 25.1 Å². The van der Waals surface area contributed by atoms with Crippen molar-refractivity contribution in [1.82, 2.24) is 4.31 Å². The minimum atomic E-state index is -3.68. The van der Waals surface area contributed by atoms with Crippen LogP contribution in [-0.2, 0) is 19.9 Å². The fraction of sp³-hybridized carbons (Fsp3) is 0.250. The summed E-state index contributed by atoms with van der Waals surface area (Å²) < 4.78 is 52.7. The summed E-state index contributed by atoms with van der Waals surface area (Å²) in [5, 5.41) is -0.717. The van der Waals surface area contributed by atoms with Crippen LogP contribution in [0.15, 0.2) is 68.9 Å². The van der Waals surface area contributed by atoms with Crippen LogP contribution in [0.3, 0.4) is 0 Å². The second kappa shape index (κ2) is 6.59. The van der Waals surface area contributed by atoms with E-state index in [2.05, 4.69) is 15.9 Å². The number of nitrogens with zero attached hydrogens (tertiary/aromatic N) is 1. The Kier molecular flexibility index (Phi) is 4.83. The zero-order valence-corrected chi connectivity index (χ0v) is 15.9. The van der Waals surface area contributed by atoms with Gasteiger partial charge in [0.1, 0.15) is 0 Å². The Hall–Kier alpha value is -1.22. The van der Waals surface area contributed by atoms with Gasteiger partial charge in [0, 0.05) is 17.6 Å². The van der Waals surface area contributed by atoms with Crippen molar-refractivity contribution in [2.24, 2.45) is 0 Å². The largest absolute Gasteiger partial charge is 0.243 e. The highest BCUT2D eigenvalue weighted by atomic mass is 79.9. The molecule has 1 heterocycles. The average molecular weight is 430 g/mol. The molecule has 0 spiro atoms. The number of sulfonamides is 1. The van der Waals surface area contributed by atoms with Crippen molar-refractivity contribution >= 4 is 35.8 Å². The van der Waals surface area contributed by atoms with Crippen LogP contribution in [0, 0.1) is 0 Å². The molecule has 0 bridgehead atoms. The summed E-state index contributed by atoms with van der Waals surface area (Å²) in [6, 6.07) is 14.5. The highest BCUT2D eigenvalue weighted by Crippen LogP contribution is 2.28. The van der Waals surface area contributed by atoms with Gasteiger partial charge in [0.25, 0.3) is 0 Å². The Morgan fingerprint density at radius 2 is 1.50 bits per heavy atom. The van der Waals surface area contributed by atoms with Gasteiger partial charge < -0.3 is 0 Å². The molecule has 24 heavy (non-hydrogen) atoms. The number of sulfone groups is 1. The highest BCUT2D eigenvalue weighted by Gasteiger charge is 2.39. The van der Waals surface area contributed by atoms with E-state index in [0.717, 1.165) is 4.47 Å². The first-order chi connectivity index (χ1) is 11.3. The SMILES string of the molecule is O=S(=O)(c1ccccc1)C1CCN(S(=O)(=O)c2ccc(Br)cc2)C1. The summed E-state index contributed by atoms with van der Waals surface area (Å²) in [6.07, 6.45) is 0.299. The first kappa shape index (κ1) is 17.6. The fourth-order valence-electron chi connectivity index (χ4n) is 2.73. The van der Waals surface area contributed by atoms with Gasteiger partial charge in [-0.05, 0) is 42.8 Å². The molecular formula is C16H16BrNO4S2. The van der Waals surface area contributed by atoms with E-state index in [1.54, 1.807) is 42.5 Å². The third-order valence-electron chi connectivity index (χ3n) is 4.07. The molecule has 2 aromatic carbocycles. The lowest BCUT2D eigenvalue weighted by Gasteiger charge is -2.17. The molecular weight excluding hydrogens is 414 g/mol. The normalized spacial score (nSPS) is 19.5. The molecule has 1 saturated heterocycles. The summed E-state index contributed by atoms with van der Waals surface area (Å²) >= 11 is 3.27. The molecule has 0 amide bonds. The third kappa shape index (κ3) is 3.28. The molecule has 0 aliphatic carbocycles. The van der Waals surface area contributed by atoms with Gasteiger partial charge in [0.2, 0.25) is 10.0 Å². The Labute approximate surface area is 150 Å². The maximum atomic E-state index is 12.7. The molecule has 128 valence electrons. The Balaban J connectivity index is 1.84. The predicted octanol–water partition coefficient (Wildman–Crippen LogP) is 2.69. The van der Waals surface area contributed by atoms with E-state index >= 15 is 0 Å². The van der Waals surface area contributed by atoms with Crippen LogP contribution in [0.5, 0.6) is 0 Å². The van der Waals surface area contributed by atoms with Crippen molar-refractivity contribution in [3.8, 4) is 0 Å². The Morgan fingerprint density at radius 1 is 0.875 bits per heavy atom. The van der Waals surface area contributed by atoms with E-state index in [0.29, 0.717) is 6.42 Å². The van der Waals surface area contributed by atoms with Crippen molar-refractivity contribution in [3.05, 3.63) is 59.1 Å². The van der Waals surface area contributed by atoms with Gasteiger partial charge in [-0.3, -0.25) is 0 Å². The van der Waals surface area contributed by atoms with Crippen molar-refractivity contribution in [2.75, 3.05) is 13.1 Å². The lowest BCUT2D eigenvalue weighted by molar-refractivity contribution is 0.476. The van der Waals surface area contributed by atoms with Crippen molar-refractivity contribution in [2.45, 2.75) is 21.5 Å². The molecule has 0 N–H and O–H groups in total. The summed E-state index contributed by atoms with van der Waals surface area (Å²) in [5.41, 5.74) is 0. The second-order valence-electron chi connectivity index (χ2n) is 5.59. The van der Waals surface area contributed by atoms with Crippen LogP contribution in [-0.4, -0.2) is 39.5 Å². The van der Waals surface area contributed by atoms with Crippen LogP contribution >= 0.6 is 15.9 Å². The van der Waals surface area contributed by atoms with E-state index in [9.17, 15) is 16.8 Å². The maximum Gasteiger partial charge on any atom is 0.243 e. The maximum absolute atomic E-state index is 12.7. The van der Waals surface area contributed by atoms with Crippen molar-refractivity contribution in [3.63, 3.8) is 0 Å². The van der Waals surface area contributed by atoms with E-state index in [4.69, 9.17) is 0 Å². The summed E-state index contributed by atoms with van der Waals surface area (Å²) in [7, 11) is -7.22. The van der Waals surface area contributed by atoms with Gasteiger partial charge in [0.15, 0.2) is 9.84 Å². The molecule has 0 saturated carbocycles. The van der Waals surface area contributed by atoms with Crippen molar-refractivity contribution < 1.29 is 16.8 Å². The smallest absolute Gasteiger partial charge is 0.223 e. The number of halogens is 1. The summed E-state index contributed by atoms with van der Waals surface area (Å²) in [4.78, 5) is 0.404. The number of rotatable bonds is 4. The molecule has 0 aromatic heterocycles. The molecule has 1 atom stereocenters. The van der Waals surface area contributed by atoms with Gasteiger partial charge >= 0.3 is 0 Å². The van der Waals surface area contributed by atoms with Gasteiger partial charge in [0.05, 0.1) is 15.0 Å². The molecule has 3 rings (SSSR count). The number of hydrogen-bond acceptors (Lipinski definition) is 4. The first-order valence-electron chi connectivity index (χ1n) is 7.36. The van der Waals surface area contributed by atoms with Gasteiger partial charge in [-0.25, -0.2) is 16.8 Å². The summed E-state index contributed by atoms with van der Waals surface area (Å²) in [5.74, 6) is 0. The lowest BCUT2D eigenvalue weighted by atomic mass is 10.4. The zero-order chi connectivity index (χ0) is 17.4. The van der Waals surface area contributed by atoms with Gasteiger partial charge in [-0.1, -0.05) is 34.1 Å². The van der Waals surface area contributed by atoms with E-state index in [-0.39, 0.29) is 22.9 Å². The predicted molar refractivity (Wildman–Crippen MR) is 94.9 cm³/mol. The summed E-state index contributed by atoms with van der Waals surface area (Å²) in [6.45, 7) is 0.185. The minimum Gasteiger partial charge on any atom is -0.223 e. The van der Waals surface area contributed by atoms with Gasteiger partial charge in [-0.15, -0.1) is 0 Å². The molecule has 0 radical (unpaired) electrons.